The fourth-order valence-electron chi connectivity index (χ4n) is 4.95. The van der Waals surface area contributed by atoms with Gasteiger partial charge in [-0.25, -0.2) is 0 Å². The van der Waals surface area contributed by atoms with Crippen LogP contribution in [0.4, 0.5) is 0 Å². The molecule has 4 rings (SSSR count). The minimum absolute atomic E-state index is 0.184. The van der Waals surface area contributed by atoms with E-state index in [0.29, 0.717) is 11.7 Å². The molecular weight excluding hydrogens is 220 g/mol. The third-order valence-electron chi connectivity index (χ3n) is 5.71. The molecule has 1 fully saturated rings. The Bertz CT molecular complexity index is 571. The molecule has 1 aromatic carbocycles. The van der Waals surface area contributed by atoms with Crippen molar-refractivity contribution in [3.05, 3.63) is 47.5 Å². The number of ketones is 1. The van der Waals surface area contributed by atoms with Crippen LogP contribution in [0.2, 0.25) is 0 Å². The summed E-state index contributed by atoms with van der Waals surface area (Å²) in [4.78, 5) is 12.6. The van der Waals surface area contributed by atoms with Crippen molar-refractivity contribution >= 4 is 5.78 Å². The van der Waals surface area contributed by atoms with Crippen molar-refractivity contribution in [2.24, 2.45) is 11.3 Å². The number of fused-ring (bicyclic) bond motifs is 1. The zero-order valence-corrected chi connectivity index (χ0v) is 10.8. The van der Waals surface area contributed by atoms with Gasteiger partial charge in [-0.3, -0.25) is 4.79 Å². The van der Waals surface area contributed by atoms with E-state index >= 15 is 0 Å². The van der Waals surface area contributed by atoms with Gasteiger partial charge in [0.15, 0.2) is 0 Å². The number of aryl methyl sites for hydroxylation is 1. The molecule has 1 nitrogen and oxygen atoms in total. The number of hydrogen-bond donors (Lipinski definition) is 0. The molecular formula is C17H18O. The minimum atomic E-state index is -0.184. The molecule has 0 spiro atoms. The molecule has 0 radical (unpaired) electrons. The number of benzene rings is 1. The molecule has 0 heterocycles. The van der Waals surface area contributed by atoms with Crippen LogP contribution in [-0.2, 0) is 16.6 Å². The number of allylic oxidation sites excluding steroid dienone is 2. The normalized spacial score (nSPS) is 40.5. The lowest BCUT2D eigenvalue weighted by Crippen LogP contribution is -2.68. The SMILES string of the molecule is C[C@H]1C=CCC23CCc4ccccc4C12C(=O)C3. The lowest BCUT2D eigenvalue weighted by Gasteiger charge is -2.64. The van der Waals surface area contributed by atoms with Crippen molar-refractivity contribution in [2.45, 2.75) is 38.0 Å². The first-order chi connectivity index (χ1) is 8.71. The summed E-state index contributed by atoms with van der Waals surface area (Å²) in [5.41, 5.74) is 2.80. The van der Waals surface area contributed by atoms with Crippen LogP contribution in [0.15, 0.2) is 36.4 Å². The van der Waals surface area contributed by atoms with Gasteiger partial charge in [-0.15, -0.1) is 0 Å². The Labute approximate surface area is 108 Å². The van der Waals surface area contributed by atoms with E-state index < -0.39 is 0 Å². The average Bonchev–Trinajstić information content (AvgIpc) is 2.36. The molecule has 0 bridgehead atoms. The Morgan fingerprint density at radius 2 is 2.11 bits per heavy atom. The third kappa shape index (κ3) is 0.911. The molecule has 0 saturated heterocycles. The summed E-state index contributed by atoms with van der Waals surface area (Å²) in [7, 11) is 0. The van der Waals surface area contributed by atoms with Crippen molar-refractivity contribution < 1.29 is 4.79 Å². The van der Waals surface area contributed by atoms with Crippen LogP contribution in [0, 0.1) is 11.3 Å². The summed E-state index contributed by atoms with van der Waals surface area (Å²) in [6.07, 6.45) is 8.80. The summed E-state index contributed by atoms with van der Waals surface area (Å²) < 4.78 is 0. The lowest BCUT2D eigenvalue weighted by molar-refractivity contribution is -0.155. The van der Waals surface area contributed by atoms with E-state index in [0.717, 1.165) is 19.3 Å². The van der Waals surface area contributed by atoms with Crippen LogP contribution < -0.4 is 0 Å². The quantitative estimate of drug-likeness (QED) is 0.633. The molecule has 3 atom stereocenters. The molecule has 3 aliphatic rings. The Morgan fingerprint density at radius 3 is 2.94 bits per heavy atom. The largest absolute Gasteiger partial charge is 0.299 e. The fraction of sp³-hybridized carbons (Fsp3) is 0.471. The Morgan fingerprint density at radius 1 is 1.28 bits per heavy atom. The van der Waals surface area contributed by atoms with Crippen LogP contribution in [0.1, 0.15) is 37.3 Å². The summed E-state index contributed by atoms with van der Waals surface area (Å²) in [5.74, 6) is 0.834. The Balaban J connectivity index is 2.03. The molecule has 0 aromatic heterocycles. The zero-order chi connectivity index (χ0) is 12.4. The first-order valence-electron chi connectivity index (χ1n) is 6.99. The first-order valence-corrected chi connectivity index (χ1v) is 6.99. The highest BCUT2D eigenvalue weighted by Gasteiger charge is 2.69. The number of carbonyl (C=O) groups excluding carboxylic acids is 1. The van der Waals surface area contributed by atoms with Gasteiger partial charge in [0.25, 0.3) is 0 Å². The number of hydrogen-bond acceptors (Lipinski definition) is 1. The third-order valence-corrected chi connectivity index (χ3v) is 5.71. The number of rotatable bonds is 0. The monoisotopic (exact) mass is 238 g/mol. The van der Waals surface area contributed by atoms with Crippen molar-refractivity contribution in [3.63, 3.8) is 0 Å². The fourth-order valence-corrected chi connectivity index (χ4v) is 4.95. The van der Waals surface area contributed by atoms with Crippen molar-refractivity contribution in [3.8, 4) is 0 Å². The predicted octanol–water partition coefficient (Wildman–Crippen LogP) is 3.43. The second-order valence-corrected chi connectivity index (χ2v) is 6.27. The molecule has 0 N–H and O–H groups in total. The van der Waals surface area contributed by atoms with E-state index in [1.165, 1.54) is 17.5 Å². The maximum atomic E-state index is 12.6. The van der Waals surface area contributed by atoms with Crippen molar-refractivity contribution in [1.82, 2.24) is 0 Å². The average molecular weight is 238 g/mol. The zero-order valence-electron chi connectivity index (χ0n) is 10.8. The topological polar surface area (TPSA) is 17.1 Å². The minimum Gasteiger partial charge on any atom is -0.299 e. The number of carbonyl (C=O) groups is 1. The van der Waals surface area contributed by atoms with Crippen LogP contribution in [0.5, 0.6) is 0 Å². The van der Waals surface area contributed by atoms with Gasteiger partial charge in [-0.05, 0) is 41.7 Å². The molecule has 18 heavy (non-hydrogen) atoms. The van der Waals surface area contributed by atoms with Gasteiger partial charge in [-0.1, -0.05) is 43.3 Å². The maximum Gasteiger partial charge on any atom is 0.145 e. The van der Waals surface area contributed by atoms with E-state index in [1.807, 2.05) is 0 Å². The van der Waals surface area contributed by atoms with E-state index in [1.54, 1.807) is 0 Å². The molecule has 1 aromatic rings. The summed E-state index contributed by atoms with van der Waals surface area (Å²) in [6.45, 7) is 2.23. The molecule has 1 heteroatoms. The smallest absolute Gasteiger partial charge is 0.145 e. The number of Topliss-reactive ketones (excluding diaryl/α,β-unsaturated/α-hetero) is 1. The van der Waals surface area contributed by atoms with Crippen LogP contribution >= 0.6 is 0 Å². The molecule has 3 aliphatic carbocycles. The Kier molecular flexibility index (Phi) is 1.84. The van der Waals surface area contributed by atoms with Crippen molar-refractivity contribution in [1.29, 1.82) is 0 Å². The molecule has 92 valence electrons. The highest BCUT2D eigenvalue weighted by atomic mass is 16.1. The van der Waals surface area contributed by atoms with Crippen molar-refractivity contribution in [2.75, 3.05) is 0 Å². The molecule has 0 aliphatic heterocycles. The van der Waals surface area contributed by atoms with E-state index in [9.17, 15) is 4.79 Å². The lowest BCUT2D eigenvalue weighted by atomic mass is 9.36. The van der Waals surface area contributed by atoms with Gasteiger partial charge in [0.1, 0.15) is 5.78 Å². The second-order valence-electron chi connectivity index (χ2n) is 6.27. The van der Waals surface area contributed by atoms with E-state index in [-0.39, 0.29) is 10.8 Å². The molecule has 2 unspecified atom stereocenters. The van der Waals surface area contributed by atoms with E-state index in [2.05, 4.69) is 43.3 Å². The van der Waals surface area contributed by atoms with Gasteiger partial charge >= 0.3 is 0 Å². The standard InChI is InChI=1S/C17H18O/c1-12-5-4-9-16-10-8-13-6-2-3-7-14(13)17(12,16)15(18)11-16/h2-7,12H,8-11H2,1H3/t12-,16?,17?/m0/s1. The summed E-state index contributed by atoms with van der Waals surface area (Å²) in [6, 6.07) is 8.62. The van der Waals surface area contributed by atoms with Crippen LogP contribution in [-0.4, -0.2) is 5.78 Å². The molecule has 0 amide bonds. The highest BCUT2D eigenvalue weighted by molar-refractivity contribution is 6.00. The van der Waals surface area contributed by atoms with Gasteiger partial charge in [0.05, 0.1) is 5.41 Å². The first kappa shape index (κ1) is 10.5. The van der Waals surface area contributed by atoms with Gasteiger partial charge < -0.3 is 0 Å². The summed E-state index contributed by atoms with van der Waals surface area (Å²) in [5, 5.41) is 0. The summed E-state index contributed by atoms with van der Waals surface area (Å²) >= 11 is 0. The van der Waals surface area contributed by atoms with Gasteiger partial charge in [0, 0.05) is 6.42 Å². The highest BCUT2D eigenvalue weighted by Crippen LogP contribution is 2.67. The Hall–Kier alpha value is -1.37. The van der Waals surface area contributed by atoms with Crippen LogP contribution in [0.3, 0.4) is 0 Å². The van der Waals surface area contributed by atoms with Gasteiger partial charge in [-0.2, -0.15) is 0 Å². The predicted molar refractivity (Wildman–Crippen MR) is 71.4 cm³/mol. The molecule has 1 saturated carbocycles. The van der Waals surface area contributed by atoms with E-state index in [4.69, 9.17) is 0 Å². The van der Waals surface area contributed by atoms with Crippen LogP contribution in [0.25, 0.3) is 0 Å². The second kappa shape index (κ2) is 3.14. The van der Waals surface area contributed by atoms with Gasteiger partial charge in [0.2, 0.25) is 0 Å². The maximum absolute atomic E-state index is 12.6.